The van der Waals surface area contributed by atoms with Crippen molar-refractivity contribution in [1.29, 1.82) is 0 Å². The fourth-order valence-corrected chi connectivity index (χ4v) is 4.79. The molecule has 1 aliphatic carbocycles. The molecular formula is C23H30N2O5S. The predicted octanol–water partition coefficient (Wildman–Crippen LogP) is 4.22. The number of hydrogen-bond acceptors (Lipinski definition) is 6. The minimum Gasteiger partial charge on any atom is -0.493 e. The van der Waals surface area contributed by atoms with Crippen molar-refractivity contribution in [2.45, 2.75) is 45.4 Å². The number of nitrogens with one attached hydrogen (secondary N) is 1. The summed E-state index contributed by atoms with van der Waals surface area (Å²) in [7, 11) is 1.55. The first kappa shape index (κ1) is 23.2. The molecule has 3 rings (SSSR count). The van der Waals surface area contributed by atoms with E-state index in [1.54, 1.807) is 25.3 Å². The number of nitrogens with zero attached hydrogens (tertiary/aromatic N) is 1. The molecule has 1 heterocycles. The summed E-state index contributed by atoms with van der Waals surface area (Å²) in [5.74, 6) is 1.49. The second-order valence-electron chi connectivity index (χ2n) is 7.72. The Balaban J connectivity index is 1.52. The van der Waals surface area contributed by atoms with Gasteiger partial charge in [0, 0.05) is 19.5 Å². The van der Waals surface area contributed by atoms with Gasteiger partial charge in [0.25, 0.3) is 11.1 Å². The largest absolute Gasteiger partial charge is 0.493 e. The van der Waals surface area contributed by atoms with Crippen molar-refractivity contribution in [3.8, 4) is 11.5 Å². The summed E-state index contributed by atoms with van der Waals surface area (Å²) in [5, 5.41) is 2.50. The van der Waals surface area contributed by atoms with Gasteiger partial charge in [-0.15, -0.1) is 0 Å². The number of thioether (sulfide) groups is 1. The number of hydrogen-bond donors (Lipinski definition) is 1. The summed E-state index contributed by atoms with van der Waals surface area (Å²) in [4.78, 5) is 38.5. The van der Waals surface area contributed by atoms with Crippen LogP contribution < -0.4 is 14.8 Å². The number of carbonyl (C=O) groups excluding carboxylic acids is 3. The predicted molar refractivity (Wildman–Crippen MR) is 121 cm³/mol. The highest BCUT2D eigenvalue weighted by Crippen LogP contribution is 2.34. The lowest BCUT2D eigenvalue weighted by molar-refractivity contribution is -0.124. The lowest BCUT2D eigenvalue weighted by atomic mass is 10.0. The third kappa shape index (κ3) is 6.26. The van der Waals surface area contributed by atoms with Gasteiger partial charge < -0.3 is 14.8 Å². The van der Waals surface area contributed by atoms with Gasteiger partial charge in [-0.1, -0.05) is 31.7 Å². The van der Waals surface area contributed by atoms with Gasteiger partial charge in [-0.05, 0) is 54.8 Å². The Bertz CT molecular complexity index is 848. The van der Waals surface area contributed by atoms with Crippen molar-refractivity contribution in [1.82, 2.24) is 10.2 Å². The summed E-state index contributed by atoms with van der Waals surface area (Å²) in [6, 6.07) is 5.36. The van der Waals surface area contributed by atoms with Crippen molar-refractivity contribution < 1.29 is 23.9 Å². The molecule has 0 bridgehead atoms. The number of methoxy groups -OCH3 is 1. The molecule has 2 fully saturated rings. The number of imide groups is 1. The van der Waals surface area contributed by atoms with E-state index in [1.165, 1.54) is 30.6 Å². The quantitative estimate of drug-likeness (QED) is 0.542. The van der Waals surface area contributed by atoms with E-state index in [-0.39, 0.29) is 30.1 Å². The topological polar surface area (TPSA) is 84.9 Å². The van der Waals surface area contributed by atoms with E-state index in [9.17, 15) is 14.4 Å². The van der Waals surface area contributed by atoms with E-state index in [0.717, 1.165) is 23.7 Å². The maximum absolute atomic E-state index is 12.7. The van der Waals surface area contributed by atoms with E-state index in [2.05, 4.69) is 5.32 Å². The van der Waals surface area contributed by atoms with Crippen LogP contribution in [0, 0.1) is 5.92 Å². The van der Waals surface area contributed by atoms with Crippen LogP contribution in [0.4, 0.5) is 4.79 Å². The molecular weight excluding hydrogens is 416 g/mol. The Hall–Kier alpha value is -2.48. The third-order valence-electron chi connectivity index (χ3n) is 5.57. The van der Waals surface area contributed by atoms with Crippen LogP contribution in [-0.4, -0.2) is 48.8 Å². The minimum atomic E-state index is -0.344. The average molecular weight is 447 g/mol. The van der Waals surface area contributed by atoms with Gasteiger partial charge in [0.15, 0.2) is 11.5 Å². The van der Waals surface area contributed by atoms with Gasteiger partial charge >= 0.3 is 0 Å². The first-order chi connectivity index (χ1) is 15.0. The number of ether oxygens (including phenoxy) is 2. The standard InChI is InChI=1S/C23H30N2O5S/c1-3-30-18-10-8-17(14-19(18)29-2)15-20-22(27)25(23(28)31-20)13-12-24-21(26)11-9-16-6-4-5-7-16/h8,10,14-16H,3-7,9,11-13H2,1-2H3,(H,24,26)/b20-15-. The molecule has 0 unspecified atom stereocenters. The van der Waals surface area contributed by atoms with Gasteiger partial charge in [-0.3, -0.25) is 19.3 Å². The Labute approximate surface area is 187 Å². The summed E-state index contributed by atoms with van der Waals surface area (Å²) in [6.07, 6.45) is 8.06. The van der Waals surface area contributed by atoms with Crippen molar-refractivity contribution in [3.05, 3.63) is 28.7 Å². The molecule has 1 aromatic rings. The van der Waals surface area contributed by atoms with Crippen LogP contribution in [0.1, 0.15) is 51.0 Å². The van der Waals surface area contributed by atoms with E-state index >= 15 is 0 Å². The van der Waals surface area contributed by atoms with Crippen molar-refractivity contribution in [2.75, 3.05) is 26.8 Å². The molecule has 8 heteroatoms. The van der Waals surface area contributed by atoms with E-state index in [4.69, 9.17) is 9.47 Å². The zero-order valence-electron chi connectivity index (χ0n) is 18.1. The molecule has 1 N–H and O–H groups in total. The summed E-state index contributed by atoms with van der Waals surface area (Å²) in [5.41, 5.74) is 0.742. The molecule has 1 aromatic carbocycles. The highest BCUT2D eigenvalue weighted by molar-refractivity contribution is 8.18. The fourth-order valence-electron chi connectivity index (χ4n) is 3.92. The summed E-state index contributed by atoms with van der Waals surface area (Å²) in [6.45, 7) is 2.85. The highest BCUT2D eigenvalue weighted by Gasteiger charge is 2.34. The first-order valence-electron chi connectivity index (χ1n) is 10.8. The molecule has 7 nitrogen and oxygen atoms in total. The van der Waals surface area contributed by atoms with Gasteiger partial charge in [0.2, 0.25) is 5.91 Å². The van der Waals surface area contributed by atoms with Crippen LogP contribution >= 0.6 is 11.8 Å². The van der Waals surface area contributed by atoms with Crippen molar-refractivity contribution in [3.63, 3.8) is 0 Å². The average Bonchev–Trinajstić information content (AvgIpc) is 3.37. The molecule has 0 atom stereocenters. The minimum absolute atomic E-state index is 0.0177. The van der Waals surface area contributed by atoms with E-state index in [1.807, 2.05) is 13.0 Å². The van der Waals surface area contributed by atoms with Crippen molar-refractivity contribution in [2.24, 2.45) is 5.92 Å². The van der Waals surface area contributed by atoms with Gasteiger partial charge in [0.1, 0.15) is 0 Å². The second kappa shape index (κ2) is 11.2. The molecule has 1 saturated carbocycles. The smallest absolute Gasteiger partial charge is 0.293 e. The molecule has 0 radical (unpaired) electrons. The van der Waals surface area contributed by atoms with Crippen LogP contribution in [0.25, 0.3) is 6.08 Å². The van der Waals surface area contributed by atoms with Crippen LogP contribution in [0.3, 0.4) is 0 Å². The second-order valence-corrected chi connectivity index (χ2v) is 8.71. The molecule has 2 aliphatic rings. The zero-order chi connectivity index (χ0) is 22.2. The Kier molecular flexibility index (Phi) is 8.40. The van der Waals surface area contributed by atoms with E-state index < -0.39 is 0 Å². The van der Waals surface area contributed by atoms with Gasteiger partial charge in [0.05, 0.1) is 18.6 Å². The van der Waals surface area contributed by atoms with Crippen LogP contribution in [-0.2, 0) is 9.59 Å². The normalized spacial score (nSPS) is 18.1. The SMILES string of the molecule is CCOc1ccc(/C=C2\SC(=O)N(CCNC(=O)CCC3CCCC3)C2=O)cc1OC. The molecule has 31 heavy (non-hydrogen) atoms. The Morgan fingerprint density at radius 3 is 2.74 bits per heavy atom. The zero-order valence-corrected chi connectivity index (χ0v) is 19.0. The number of benzene rings is 1. The highest BCUT2D eigenvalue weighted by atomic mass is 32.2. The maximum Gasteiger partial charge on any atom is 0.293 e. The Morgan fingerprint density at radius 1 is 1.26 bits per heavy atom. The van der Waals surface area contributed by atoms with Crippen LogP contribution in [0.5, 0.6) is 11.5 Å². The van der Waals surface area contributed by atoms with Crippen LogP contribution in [0.2, 0.25) is 0 Å². The van der Waals surface area contributed by atoms with Crippen molar-refractivity contribution >= 4 is 34.9 Å². The summed E-state index contributed by atoms with van der Waals surface area (Å²) < 4.78 is 10.8. The van der Waals surface area contributed by atoms with Gasteiger partial charge in [-0.2, -0.15) is 0 Å². The molecule has 3 amide bonds. The fraction of sp³-hybridized carbons (Fsp3) is 0.522. The molecule has 1 aliphatic heterocycles. The molecule has 0 spiro atoms. The molecule has 0 aromatic heterocycles. The Morgan fingerprint density at radius 2 is 2.03 bits per heavy atom. The number of amides is 3. The lowest BCUT2D eigenvalue weighted by Crippen LogP contribution is -2.37. The monoisotopic (exact) mass is 446 g/mol. The molecule has 168 valence electrons. The van der Waals surface area contributed by atoms with E-state index in [0.29, 0.717) is 35.3 Å². The summed E-state index contributed by atoms with van der Waals surface area (Å²) >= 11 is 0.904. The number of rotatable bonds is 10. The van der Waals surface area contributed by atoms with Gasteiger partial charge in [-0.25, -0.2) is 0 Å². The molecule has 1 saturated heterocycles. The maximum atomic E-state index is 12.7. The van der Waals surface area contributed by atoms with Crippen LogP contribution in [0.15, 0.2) is 23.1 Å². The lowest BCUT2D eigenvalue weighted by Gasteiger charge is -2.13. The number of carbonyl (C=O) groups is 3. The first-order valence-corrected chi connectivity index (χ1v) is 11.7. The third-order valence-corrected chi connectivity index (χ3v) is 6.48.